The van der Waals surface area contributed by atoms with Gasteiger partial charge in [-0.25, -0.2) is 5.57 Å². The maximum absolute atomic E-state index is 12.0. The molecule has 0 saturated heterocycles. The minimum atomic E-state index is -4.22. The number of halogens is 5. The van der Waals surface area contributed by atoms with Crippen molar-refractivity contribution in [3.8, 4) is 11.1 Å². The molecule has 0 saturated carbocycles. The van der Waals surface area contributed by atoms with Gasteiger partial charge in [0.25, 0.3) is 0 Å². The number of fused-ring (bicyclic) bond motifs is 3. The molecule has 3 aromatic carbocycles. The minimum absolute atomic E-state index is 0. The standard InChI is InChI=1S/C21H25.C11H17.C8H5F3.2ClH.Zr/c1-20(2,3)16-7-9-18-14(12-16)11-15-13-17(21(4,5)6)8-10-19(15)18;1-8-6-9(2)10(7-8)11(3,4)5;1-6-2-4-7(5-3-6)8(9,10)11;;;/h7-10,12H,11H2,1-6H3;7-8H,1-5H3;1-5H;2*1H;/q2*-1;;;;+2/p-2. The molecule has 0 aromatic heterocycles. The average molecular weight is 747 g/mol. The molecule has 0 nitrogen and oxygen atoms in total. The first-order valence-corrected chi connectivity index (χ1v) is 16.7. The average Bonchev–Trinajstić information content (AvgIpc) is 3.45. The van der Waals surface area contributed by atoms with Crippen LogP contribution >= 0.6 is 0 Å². The molecule has 0 aliphatic heterocycles. The normalized spacial score (nSPS) is 15.3. The van der Waals surface area contributed by atoms with Crippen LogP contribution in [0.15, 0.2) is 71.8 Å². The van der Waals surface area contributed by atoms with Crippen LogP contribution in [-0.2, 0) is 47.7 Å². The molecule has 46 heavy (non-hydrogen) atoms. The van der Waals surface area contributed by atoms with Crippen LogP contribution in [0.1, 0.15) is 110 Å². The van der Waals surface area contributed by atoms with Gasteiger partial charge < -0.3 is 24.8 Å². The number of hydrogen-bond donors (Lipinski definition) is 0. The fraction of sp³-hybridized carbons (Fsp3) is 0.425. The van der Waals surface area contributed by atoms with Gasteiger partial charge in [0.05, 0.1) is 0 Å². The quantitative estimate of drug-likeness (QED) is 0.229. The van der Waals surface area contributed by atoms with Crippen LogP contribution < -0.4 is 24.8 Å². The Hall–Kier alpha value is -1.74. The maximum atomic E-state index is 12.0. The molecule has 2 aliphatic carbocycles. The summed E-state index contributed by atoms with van der Waals surface area (Å²) in [4.78, 5) is 0. The Kier molecular flexibility index (Phi) is 14.8. The second kappa shape index (κ2) is 16.1. The summed E-state index contributed by atoms with van der Waals surface area (Å²) in [5.41, 5.74) is 12.0. The van der Waals surface area contributed by atoms with E-state index in [0.29, 0.717) is 11.3 Å². The molecule has 248 valence electrons. The van der Waals surface area contributed by atoms with Crippen molar-refractivity contribution in [2.75, 3.05) is 0 Å². The number of hydrogen-bond acceptors (Lipinski definition) is 0. The summed E-state index contributed by atoms with van der Waals surface area (Å²) < 4.78 is 37.9. The third kappa shape index (κ3) is 11.2. The van der Waals surface area contributed by atoms with Crippen LogP contribution in [0.4, 0.5) is 13.2 Å². The van der Waals surface area contributed by atoms with Gasteiger partial charge in [0.15, 0.2) is 0 Å². The molecule has 2 aliphatic rings. The Labute approximate surface area is 303 Å². The van der Waals surface area contributed by atoms with Crippen LogP contribution in [0.3, 0.4) is 0 Å². The fourth-order valence-electron chi connectivity index (χ4n) is 5.44. The molecule has 0 bridgehead atoms. The Morgan fingerprint density at radius 3 is 1.70 bits per heavy atom. The summed E-state index contributed by atoms with van der Waals surface area (Å²) in [7, 11) is 0. The minimum Gasteiger partial charge on any atom is -1.00 e. The van der Waals surface area contributed by atoms with E-state index in [1.165, 1.54) is 80.9 Å². The second-order valence-electron chi connectivity index (χ2n) is 15.0. The van der Waals surface area contributed by atoms with E-state index in [4.69, 9.17) is 0 Å². The van der Waals surface area contributed by atoms with E-state index in [-0.39, 0.29) is 35.6 Å². The van der Waals surface area contributed by atoms with E-state index in [1.807, 2.05) is 3.71 Å². The van der Waals surface area contributed by atoms with E-state index >= 15 is 0 Å². The predicted octanol–water partition coefficient (Wildman–Crippen LogP) is 5.42. The molecule has 0 fully saturated rings. The van der Waals surface area contributed by atoms with Crippen LogP contribution in [0.5, 0.6) is 0 Å². The van der Waals surface area contributed by atoms with Crippen molar-refractivity contribution in [1.29, 1.82) is 0 Å². The SMILES string of the molecule is CC(C)(C)c1[c-]c2c(cc1)-c1ccc(C(C)(C)C)cc1C2.CC1=[C-]C(C)C=C1C(C)(C)C.FC(F)(F)c1ccc([CH]=[Zr+2])cc1.[Cl-].[Cl-]. The van der Waals surface area contributed by atoms with Gasteiger partial charge in [-0.1, -0.05) is 111 Å². The monoisotopic (exact) mass is 744 g/mol. The molecule has 0 spiro atoms. The van der Waals surface area contributed by atoms with Gasteiger partial charge >= 0.3 is 82.7 Å². The first-order chi connectivity index (χ1) is 20.1. The molecule has 3 aromatic rings. The van der Waals surface area contributed by atoms with Crippen molar-refractivity contribution >= 4 is 3.71 Å². The van der Waals surface area contributed by atoms with Crippen LogP contribution in [-0.4, -0.2) is 3.71 Å². The summed E-state index contributed by atoms with van der Waals surface area (Å²) in [6.45, 7) is 24.7. The number of rotatable bonds is 1. The molecule has 6 heteroatoms. The first-order valence-electron chi connectivity index (χ1n) is 15.3. The molecule has 0 N–H and O–H groups in total. The number of benzene rings is 3. The van der Waals surface area contributed by atoms with Gasteiger partial charge in [-0.15, -0.1) is 11.1 Å². The van der Waals surface area contributed by atoms with E-state index in [1.54, 1.807) is 0 Å². The molecular formula is C40H47Cl2F3Zr-2. The summed E-state index contributed by atoms with van der Waals surface area (Å²) in [5, 5.41) is 0. The van der Waals surface area contributed by atoms with E-state index in [0.717, 1.165) is 24.1 Å². The largest absolute Gasteiger partial charge is 1.00 e. The van der Waals surface area contributed by atoms with Gasteiger partial charge in [-0.2, -0.15) is 35.4 Å². The van der Waals surface area contributed by atoms with Crippen molar-refractivity contribution in [2.45, 2.75) is 99.6 Å². The topological polar surface area (TPSA) is 0 Å². The van der Waals surface area contributed by atoms with Crippen molar-refractivity contribution in [2.24, 2.45) is 11.3 Å². The Morgan fingerprint density at radius 1 is 0.739 bits per heavy atom. The molecule has 5 rings (SSSR count). The van der Waals surface area contributed by atoms with Gasteiger partial charge in [0.1, 0.15) is 0 Å². The number of alkyl halides is 3. The van der Waals surface area contributed by atoms with Gasteiger partial charge in [-0.3, -0.25) is 6.08 Å². The Morgan fingerprint density at radius 2 is 1.28 bits per heavy atom. The van der Waals surface area contributed by atoms with E-state index in [9.17, 15) is 13.2 Å². The molecule has 0 heterocycles. The molecular weight excluding hydrogens is 700 g/mol. The van der Waals surface area contributed by atoms with Crippen molar-refractivity contribution < 1.29 is 62.2 Å². The first kappa shape index (κ1) is 42.3. The smallest absolute Gasteiger partial charge is 1.00 e. The zero-order valence-electron chi connectivity index (χ0n) is 29.0. The number of allylic oxidation sites excluding steroid dienone is 4. The van der Waals surface area contributed by atoms with Crippen LogP contribution in [0.25, 0.3) is 11.1 Å². The predicted molar refractivity (Wildman–Crippen MR) is 177 cm³/mol. The van der Waals surface area contributed by atoms with Gasteiger partial charge in [-0.05, 0) is 28.4 Å². The van der Waals surface area contributed by atoms with Crippen molar-refractivity contribution in [3.63, 3.8) is 0 Å². The second-order valence-corrected chi connectivity index (χ2v) is 15.7. The molecule has 1 atom stereocenters. The Balaban J connectivity index is 0.000000365. The zero-order chi connectivity index (χ0) is 33.3. The van der Waals surface area contributed by atoms with Crippen LogP contribution in [0.2, 0.25) is 0 Å². The third-order valence-corrected chi connectivity index (χ3v) is 8.76. The zero-order valence-corrected chi connectivity index (χ0v) is 33.0. The fourth-order valence-corrected chi connectivity index (χ4v) is 5.92. The van der Waals surface area contributed by atoms with Gasteiger partial charge in [0.2, 0.25) is 0 Å². The molecule has 0 radical (unpaired) electrons. The van der Waals surface area contributed by atoms with Crippen molar-refractivity contribution in [1.82, 2.24) is 0 Å². The maximum Gasteiger partial charge on any atom is -1.00 e. The van der Waals surface area contributed by atoms with Crippen molar-refractivity contribution in [3.05, 3.63) is 117 Å². The third-order valence-electron chi connectivity index (χ3n) is 7.94. The molecule has 1 unspecified atom stereocenters. The summed E-state index contributed by atoms with van der Waals surface area (Å²) >= 11 is 1.18. The van der Waals surface area contributed by atoms with E-state index in [2.05, 4.69) is 125 Å². The van der Waals surface area contributed by atoms with E-state index < -0.39 is 11.7 Å². The summed E-state index contributed by atoms with van der Waals surface area (Å²) in [6.07, 6.45) is 2.52. The molecule has 0 amide bonds. The summed E-state index contributed by atoms with van der Waals surface area (Å²) in [5.74, 6) is 0.518. The Bertz CT molecular complexity index is 1480. The van der Waals surface area contributed by atoms with Crippen LogP contribution in [0, 0.1) is 23.5 Å². The summed E-state index contributed by atoms with van der Waals surface area (Å²) in [6, 6.07) is 20.3. The van der Waals surface area contributed by atoms with Gasteiger partial charge in [0, 0.05) is 0 Å².